The molecule has 0 saturated heterocycles. The average Bonchev–Trinajstić information content (AvgIpc) is 2.46. The van der Waals surface area contributed by atoms with Gasteiger partial charge in [-0.15, -0.1) is 0 Å². The van der Waals surface area contributed by atoms with Crippen LogP contribution in [0.15, 0.2) is 30.3 Å². The Morgan fingerprint density at radius 3 is 2.75 bits per heavy atom. The number of nitrogens with zero attached hydrogens (tertiary/aromatic N) is 2. The number of hydrogen-bond donors (Lipinski definition) is 0. The maximum atomic E-state index is 12.7. The molecule has 2 aromatic rings. The van der Waals surface area contributed by atoms with Gasteiger partial charge in [0.2, 0.25) is 0 Å². The van der Waals surface area contributed by atoms with Crippen molar-refractivity contribution in [1.82, 2.24) is 9.88 Å². The molecule has 0 fully saturated rings. The van der Waals surface area contributed by atoms with Crippen LogP contribution in [-0.2, 0) is 0 Å². The topological polar surface area (TPSA) is 33.2 Å². The van der Waals surface area contributed by atoms with Crippen molar-refractivity contribution in [3.63, 3.8) is 0 Å². The molecule has 0 aliphatic rings. The predicted octanol–water partition coefficient (Wildman–Crippen LogP) is 4.15. The zero-order chi connectivity index (χ0) is 14.5. The first-order valence-corrected chi connectivity index (χ1v) is 7.39. The molecule has 4 heteroatoms. The minimum Gasteiger partial charge on any atom is -0.339 e. The van der Waals surface area contributed by atoms with Crippen molar-refractivity contribution >= 4 is 28.4 Å². The first-order chi connectivity index (χ1) is 9.67. The van der Waals surface area contributed by atoms with E-state index in [9.17, 15) is 4.79 Å². The van der Waals surface area contributed by atoms with Gasteiger partial charge in [-0.25, -0.2) is 4.98 Å². The maximum absolute atomic E-state index is 12.7. The number of amides is 1. The van der Waals surface area contributed by atoms with Crippen LogP contribution < -0.4 is 0 Å². The number of halogens is 1. The Kier molecular flexibility index (Phi) is 4.96. The van der Waals surface area contributed by atoms with E-state index in [1.54, 1.807) is 6.07 Å². The second-order valence-corrected chi connectivity index (χ2v) is 5.14. The highest BCUT2D eigenvalue weighted by Gasteiger charge is 2.17. The molecule has 0 bridgehead atoms. The van der Waals surface area contributed by atoms with Crippen LogP contribution in [0.1, 0.15) is 37.0 Å². The Morgan fingerprint density at radius 1 is 1.30 bits per heavy atom. The number of carbonyl (C=O) groups excluding carboxylic acids is 1. The highest BCUT2D eigenvalue weighted by Crippen LogP contribution is 2.22. The number of fused-ring (bicyclic) bond motifs is 1. The number of hydrogen-bond acceptors (Lipinski definition) is 2. The maximum Gasteiger partial charge on any atom is 0.254 e. The predicted molar refractivity (Wildman–Crippen MR) is 83.2 cm³/mol. The third-order valence-electron chi connectivity index (χ3n) is 3.37. The standard InChI is InChI=1S/C16H19ClN2O/c1-3-5-10-19(4-2)16(20)13-11-15(17)18-14-9-7-6-8-12(13)14/h6-9,11H,3-5,10H2,1-2H3. The van der Waals surface area contributed by atoms with Gasteiger partial charge in [0.05, 0.1) is 11.1 Å². The van der Waals surface area contributed by atoms with E-state index in [4.69, 9.17) is 11.6 Å². The lowest BCUT2D eigenvalue weighted by atomic mass is 10.1. The Hall–Kier alpha value is -1.61. The molecule has 0 saturated carbocycles. The van der Waals surface area contributed by atoms with Gasteiger partial charge >= 0.3 is 0 Å². The Bertz CT molecular complexity index is 612. The van der Waals surface area contributed by atoms with Gasteiger partial charge < -0.3 is 4.90 Å². The van der Waals surface area contributed by atoms with Crippen LogP contribution in [-0.4, -0.2) is 28.9 Å². The summed E-state index contributed by atoms with van der Waals surface area (Å²) in [6, 6.07) is 9.27. The zero-order valence-corrected chi connectivity index (χ0v) is 12.7. The molecule has 1 heterocycles. The fourth-order valence-electron chi connectivity index (χ4n) is 2.24. The molecule has 1 aromatic heterocycles. The first kappa shape index (κ1) is 14.8. The summed E-state index contributed by atoms with van der Waals surface area (Å²) in [5.41, 5.74) is 1.40. The molecular weight excluding hydrogens is 272 g/mol. The SMILES string of the molecule is CCCCN(CC)C(=O)c1cc(Cl)nc2ccccc12. The number of para-hydroxylation sites is 1. The minimum atomic E-state index is 0.0291. The summed E-state index contributed by atoms with van der Waals surface area (Å²) in [5.74, 6) is 0.0291. The van der Waals surface area contributed by atoms with Crippen molar-refractivity contribution in [3.05, 3.63) is 41.0 Å². The summed E-state index contributed by atoms with van der Waals surface area (Å²) in [4.78, 5) is 18.8. The third-order valence-corrected chi connectivity index (χ3v) is 3.56. The Balaban J connectivity index is 2.42. The quantitative estimate of drug-likeness (QED) is 0.775. The normalized spacial score (nSPS) is 10.8. The number of unbranched alkanes of at least 4 members (excludes halogenated alkanes) is 1. The van der Waals surface area contributed by atoms with E-state index >= 15 is 0 Å². The van der Waals surface area contributed by atoms with E-state index in [1.165, 1.54) is 0 Å². The van der Waals surface area contributed by atoms with Crippen LogP contribution in [0.25, 0.3) is 10.9 Å². The second kappa shape index (κ2) is 6.71. The second-order valence-electron chi connectivity index (χ2n) is 4.75. The number of aromatic nitrogens is 1. The van der Waals surface area contributed by atoms with Crippen molar-refractivity contribution < 1.29 is 4.79 Å². The van der Waals surface area contributed by atoms with Crippen LogP contribution >= 0.6 is 11.6 Å². The number of rotatable bonds is 5. The van der Waals surface area contributed by atoms with E-state index in [2.05, 4.69) is 11.9 Å². The molecule has 0 unspecified atom stereocenters. The molecule has 2 rings (SSSR count). The van der Waals surface area contributed by atoms with Crippen LogP contribution in [0, 0.1) is 0 Å². The highest BCUT2D eigenvalue weighted by molar-refractivity contribution is 6.30. The molecule has 1 aromatic carbocycles. The van der Waals surface area contributed by atoms with Gasteiger partial charge in [-0.2, -0.15) is 0 Å². The molecule has 0 spiro atoms. The molecule has 0 aliphatic carbocycles. The van der Waals surface area contributed by atoms with Crippen LogP contribution in [0.2, 0.25) is 5.15 Å². The van der Waals surface area contributed by atoms with E-state index in [0.717, 1.165) is 30.3 Å². The van der Waals surface area contributed by atoms with Gasteiger partial charge in [0.1, 0.15) is 5.15 Å². The lowest BCUT2D eigenvalue weighted by molar-refractivity contribution is 0.0764. The summed E-state index contributed by atoms with van der Waals surface area (Å²) in [7, 11) is 0. The first-order valence-electron chi connectivity index (χ1n) is 7.02. The lowest BCUT2D eigenvalue weighted by Crippen LogP contribution is -2.32. The highest BCUT2D eigenvalue weighted by atomic mass is 35.5. The van der Waals surface area contributed by atoms with Crippen LogP contribution in [0.4, 0.5) is 0 Å². The molecule has 0 aliphatic heterocycles. The molecule has 0 radical (unpaired) electrons. The zero-order valence-electron chi connectivity index (χ0n) is 11.9. The lowest BCUT2D eigenvalue weighted by Gasteiger charge is -2.21. The molecule has 0 atom stereocenters. The van der Waals surface area contributed by atoms with Crippen molar-refractivity contribution in [2.45, 2.75) is 26.7 Å². The molecule has 3 nitrogen and oxygen atoms in total. The number of carbonyl (C=O) groups is 1. The largest absolute Gasteiger partial charge is 0.339 e. The summed E-state index contributed by atoms with van der Waals surface area (Å²) in [6.45, 7) is 5.60. The van der Waals surface area contributed by atoms with Gasteiger partial charge in [-0.1, -0.05) is 43.1 Å². The fraction of sp³-hybridized carbons (Fsp3) is 0.375. The van der Waals surface area contributed by atoms with E-state index in [1.807, 2.05) is 36.1 Å². The number of benzene rings is 1. The van der Waals surface area contributed by atoms with Crippen molar-refractivity contribution in [2.24, 2.45) is 0 Å². The molecule has 20 heavy (non-hydrogen) atoms. The van der Waals surface area contributed by atoms with E-state index < -0.39 is 0 Å². The van der Waals surface area contributed by atoms with Gasteiger partial charge in [0.25, 0.3) is 5.91 Å². The van der Waals surface area contributed by atoms with E-state index in [-0.39, 0.29) is 5.91 Å². The summed E-state index contributed by atoms with van der Waals surface area (Å²) < 4.78 is 0. The average molecular weight is 291 g/mol. The van der Waals surface area contributed by atoms with Crippen LogP contribution in [0.5, 0.6) is 0 Å². The molecule has 1 amide bonds. The Morgan fingerprint density at radius 2 is 2.05 bits per heavy atom. The Labute approximate surface area is 124 Å². The van der Waals surface area contributed by atoms with Gasteiger partial charge in [0, 0.05) is 18.5 Å². The summed E-state index contributed by atoms with van der Waals surface area (Å²) >= 11 is 6.04. The summed E-state index contributed by atoms with van der Waals surface area (Å²) in [5, 5.41) is 1.22. The molecule has 106 valence electrons. The van der Waals surface area contributed by atoms with E-state index in [0.29, 0.717) is 17.3 Å². The van der Waals surface area contributed by atoms with Gasteiger partial charge in [-0.3, -0.25) is 4.79 Å². The van der Waals surface area contributed by atoms with Gasteiger partial charge in [-0.05, 0) is 25.5 Å². The van der Waals surface area contributed by atoms with Crippen molar-refractivity contribution in [3.8, 4) is 0 Å². The fourth-order valence-corrected chi connectivity index (χ4v) is 2.44. The third kappa shape index (κ3) is 3.10. The number of pyridine rings is 1. The molecule has 0 N–H and O–H groups in total. The minimum absolute atomic E-state index is 0.0291. The van der Waals surface area contributed by atoms with Gasteiger partial charge in [0.15, 0.2) is 0 Å². The smallest absolute Gasteiger partial charge is 0.254 e. The van der Waals surface area contributed by atoms with Crippen molar-refractivity contribution in [1.29, 1.82) is 0 Å². The summed E-state index contributed by atoms with van der Waals surface area (Å²) in [6.07, 6.45) is 2.08. The van der Waals surface area contributed by atoms with Crippen molar-refractivity contribution in [2.75, 3.05) is 13.1 Å². The monoisotopic (exact) mass is 290 g/mol. The van der Waals surface area contributed by atoms with Crippen LogP contribution in [0.3, 0.4) is 0 Å². The molecular formula is C16H19ClN2O.